The number of rotatable bonds is 0. The van der Waals surface area contributed by atoms with Crippen LogP contribution in [0.15, 0.2) is 24.5 Å². The smallest absolute Gasteiger partial charge is 0.124 e. The number of pyridine rings is 1. The minimum Gasteiger partial charge on any atom is -0.256 e. The zero-order valence-electron chi connectivity index (χ0n) is 6.15. The SMILES string of the molecule is [c]1nncc2c1-c1cc-2ccn1. The van der Waals surface area contributed by atoms with Crippen molar-refractivity contribution < 1.29 is 0 Å². The van der Waals surface area contributed by atoms with Crippen LogP contribution in [0.2, 0.25) is 0 Å². The first kappa shape index (κ1) is 5.83. The Morgan fingerprint density at radius 2 is 2.33 bits per heavy atom. The Labute approximate surface area is 69.1 Å². The maximum absolute atomic E-state index is 4.19. The predicted octanol–water partition coefficient (Wildman–Crippen LogP) is 1.32. The normalized spacial score (nSPS) is 11.3. The summed E-state index contributed by atoms with van der Waals surface area (Å²) in [5, 5.41) is 7.48. The average Bonchev–Trinajstić information content (AvgIpc) is 2.41. The summed E-state index contributed by atoms with van der Waals surface area (Å²) in [6.07, 6.45) is 6.37. The van der Waals surface area contributed by atoms with Crippen molar-refractivity contribution in [1.29, 1.82) is 0 Å². The molecule has 2 heterocycles. The van der Waals surface area contributed by atoms with Gasteiger partial charge in [0, 0.05) is 17.3 Å². The molecule has 0 atom stereocenters. The molecule has 1 radical (unpaired) electrons. The Morgan fingerprint density at radius 3 is 3.33 bits per heavy atom. The molecule has 1 aliphatic carbocycles. The van der Waals surface area contributed by atoms with E-state index < -0.39 is 0 Å². The van der Waals surface area contributed by atoms with Gasteiger partial charge >= 0.3 is 0 Å². The molecule has 0 saturated heterocycles. The molecule has 55 valence electrons. The van der Waals surface area contributed by atoms with Gasteiger partial charge in [-0.05, 0) is 17.7 Å². The van der Waals surface area contributed by atoms with Crippen LogP contribution < -0.4 is 0 Å². The second-order valence-corrected chi connectivity index (χ2v) is 2.67. The number of fused-ring (bicyclic) bond motifs is 5. The van der Waals surface area contributed by atoms with E-state index in [4.69, 9.17) is 0 Å². The van der Waals surface area contributed by atoms with Gasteiger partial charge in [-0.15, -0.1) is 5.10 Å². The van der Waals surface area contributed by atoms with Crippen molar-refractivity contribution in [3.8, 4) is 22.4 Å². The van der Waals surface area contributed by atoms with Crippen LogP contribution in [0.3, 0.4) is 0 Å². The van der Waals surface area contributed by atoms with E-state index in [1.54, 1.807) is 12.4 Å². The van der Waals surface area contributed by atoms with Crippen molar-refractivity contribution in [2.75, 3.05) is 0 Å². The van der Waals surface area contributed by atoms with Gasteiger partial charge in [0.2, 0.25) is 0 Å². The summed E-state index contributed by atoms with van der Waals surface area (Å²) >= 11 is 0. The molecule has 0 amide bonds. The summed E-state index contributed by atoms with van der Waals surface area (Å²) in [7, 11) is 0. The summed E-state index contributed by atoms with van der Waals surface area (Å²) in [6.45, 7) is 0. The van der Waals surface area contributed by atoms with Gasteiger partial charge in [0.05, 0.1) is 11.9 Å². The van der Waals surface area contributed by atoms with Gasteiger partial charge in [-0.1, -0.05) is 0 Å². The van der Waals surface area contributed by atoms with Crippen LogP contribution in [0.1, 0.15) is 0 Å². The van der Waals surface area contributed by atoms with Crippen molar-refractivity contribution in [3.05, 3.63) is 30.7 Å². The molecule has 12 heavy (non-hydrogen) atoms. The Hall–Kier alpha value is -1.77. The molecule has 3 heteroatoms. The lowest BCUT2D eigenvalue weighted by atomic mass is 10.1. The Bertz CT molecular complexity index is 413. The highest BCUT2D eigenvalue weighted by atomic mass is 15.1. The first-order chi connectivity index (χ1) is 5.95. The van der Waals surface area contributed by atoms with Crippen LogP contribution in [0.25, 0.3) is 22.4 Å². The van der Waals surface area contributed by atoms with Crippen molar-refractivity contribution >= 4 is 0 Å². The molecule has 0 unspecified atom stereocenters. The number of aromatic nitrogens is 3. The molecule has 0 aliphatic heterocycles. The number of hydrogen-bond donors (Lipinski definition) is 0. The van der Waals surface area contributed by atoms with Crippen LogP contribution in [0.4, 0.5) is 0 Å². The van der Waals surface area contributed by atoms with Crippen molar-refractivity contribution in [2.45, 2.75) is 0 Å². The fourth-order valence-corrected chi connectivity index (χ4v) is 1.44. The number of hydrogen-bond acceptors (Lipinski definition) is 3. The minimum absolute atomic E-state index is 0.942. The summed E-state index contributed by atoms with van der Waals surface area (Å²) in [6, 6.07) is 3.98. The fourth-order valence-electron chi connectivity index (χ4n) is 1.44. The summed E-state index contributed by atoms with van der Waals surface area (Å²) in [4.78, 5) is 4.19. The van der Waals surface area contributed by atoms with E-state index in [1.807, 2.05) is 12.1 Å². The van der Waals surface area contributed by atoms with Crippen molar-refractivity contribution in [2.24, 2.45) is 0 Å². The van der Waals surface area contributed by atoms with E-state index in [0.29, 0.717) is 0 Å². The third-order valence-corrected chi connectivity index (χ3v) is 2.00. The monoisotopic (exact) mass is 154 g/mol. The van der Waals surface area contributed by atoms with Crippen LogP contribution in [-0.4, -0.2) is 15.2 Å². The van der Waals surface area contributed by atoms with E-state index in [9.17, 15) is 0 Å². The summed E-state index contributed by atoms with van der Waals surface area (Å²) < 4.78 is 0. The minimum atomic E-state index is 0.942. The van der Waals surface area contributed by atoms with Crippen LogP contribution in [-0.2, 0) is 0 Å². The molecule has 0 aromatic carbocycles. The highest BCUT2D eigenvalue weighted by Gasteiger charge is 2.16. The Kier molecular flexibility index (Phi) is 0.913. The molecule has 2 bridgehead atoms. The molecule has 0 spiro atoms. The molecule has 2 aromatic heterocycles. The first-order valence-corrected chi connectivity index (χ1v) is 3.65. The molecular weight excluding hydrogens is 150 g/mol. The number of nitrogens with zero attached hydrogens (tertiary/aromatic N) is 3. The molecule has 2 aromatic rings. The third kappa shape index (κ3) is 0.580. The van der Waals surface area contributed by atoms with Crippen LogP contribution in [0, 0.1) is 6.20 Å². The maximum Gasteiger partial charge on any atom is 0.124 e. The Balaban J connectivity index is 2.47. The molecule has 0 N–H and O–H groups in total. The summed E-state index contributed by atoms with van der Waals surface area (Å²) in [5.41, 5.74) is 4.14. The van der Waals surface area contributed by atoms with Crippen molar-refractivity contribution in [3.63, 3.8) is 0 Å². The van der Waals surface area contributed by atoms with Crippen LogP contribution >= 0.6 is 0 Å². The van der Waals surface area contributed by atoms with Gasteiger partial charge < -0.3 is 0 Å². The summed E-state index contributed by atoms with van der Waals surface area (Å²) in [5.74, 6) is 0. The van der Waals surface area contributed by atoms with Gasteiger partial charge in [-0.25, -0.2) is 0 Å². The Morgan fingerprint density at radius 1 is 1.33 bits per heavy atom. The van der Waals surface area contributed by atoms with Gasteiger partial charge in [0.25, 0.3) is 0 Å². The fraction of sp³-hybridized carbons (Fsp3) is 0. The van der Waals surface area contributed by atoms with Gasteiger partial charge in [0.1, 0.15) is 6.20 Å². The van der Waals surface area contributed by atoms with E-state index in [2.05, 4.69) is 21.4 Å². The highest BCUT2D eigenvalue weighted by molar-refractivity contribution is 5.87. The standard InChI is InChI=1S/C9H4N3/c1-2-10-9-3-6(1)7-4-11-12-5-8(7)9/h1-4H. The van der Waals surface area contributed by atoms with Gasteiger partial charge in [-0.3, -0.25) is 4.98 Å². The third-order valence-electron chi connectivity index (χ3n) is 2.00. The van der Waals surface area contributed by atoms with Crippen LogP contribution in [0.5, 0.6) is 0 Å². The molecule has 0 saturated carbocycles. The lowest BCUT2D eigenvalue weighted by Crippen LogP contribution is -1.83. The second kappa shape index (κ2) is 1.88. The molecule has 3 rings (SSSR count). The highest BCUT2D eigenvalue weighted by Crippen LogP contribution is 2.36. The maximum atomic E-state index is 4.19. The average molecular weight is 154 g/mol. The zero-order chi connectivity index (χ0) is 7.97. The first-order valence-electron chi connectivity index (χ1n) is 3.65. The topological polar surface area (TPSA) is 38.7 Å². The lowest BCUT2D eigenvalue weighted by molar-refractivity contribution is 1.03. The predicted molar refractivity (Wildman–Crippen MR) is 43.1 cm³/mol. The van der Waals surface area contributed by atoms with Gasteiger partial charge in [-0.2, -0.15) is 5.10 Å². The quantitative estimate of drug-likeness (QED) is 0.490. The largest absolute Gasteiger partial charge is 0.256 e. The molecular formula is C9H4N3. The molecule has 3 nitrogen and oxygen atoms in total. The van der Waals surface area contributed by atoms with Crippen molar-refractivity contribution in [1.82, 2.24) is 15.2 Å². The van der Waals surface area contributed by atoms with E-state index in [1.165, 1.54) is 0 Å². The molecule has 1 aliphatic rings. The molecule has 0 fully saturated rings. The van der Waals surface area contributed by atoms with E-state index >= 15 is 0 Å². The van der Waals surface area contributed by atoms with E-state index in [-0.39, 0.29) is 0 Å². The van der Waals surface area contributed by atoms with Gasteiger partial charge in [0.15, 0.2) is 0 Å². The van der Waals surface area contributed by atoms with E-state index in [0.717, 1.165) is 22.4 Å². The zero-order valence-corrected chi connectivity index (χ0v) is 6.15. The lowest BCUT2D eigenvalue weighted by Gasteiger charge is -1.93. The second-order valence-electron chi connectivity index (χ2n) is 2.67.